The van der Waals surface area contributed by atoms with Crippen molar-refractivity contribution in [3.05, 3.63) is 0 Å². The molecule has 1 fully saturated rings. The molecule has 0 aliphatic carbocycles. The first kappa shape index (κ1) is 43.9. The number of methoxy groups -OCH3 is 2. The van der Waals surface area contributed by atoms with Crippen molar-refractivity contribution in [3.8, 4) is 0 Å². The van der Waals surface area contributed by atoms with Crippen molar-refractivity contribution in [3.63, 3.8) is 0 Å². The Hall–Kier alpha value is -1.14. The summed E-state index contributed by atoms with van der Waals surface area (Å²) in [5.41, 5.74) is 0. The van der Waals surface area contributed by atoms with E-state index in [9.17, 15) is 9.59 Å². The summed E-state index contributed by atoms with van der Waals surface area (Å²) in [5, 5.41) is 0. The third-order valence-electron chi connectivity index (χ3n) is 10.3. The van der Waals surface area contributed by atoms with E-state index < -0.39 is 0 Å². The smallest absolute Gasteiger partial charge is 0.305 e. The molecule has 278 valence electrons. The molecule has 1 aliphatic heterocycles. The molecule has 0 N–H and O–H groups in total. The molecule has 1 heterocycles. The first-order chi connectivity index (χ1) is 23.0. The van der Waals surface area contributed by atoms with Gasteiger partial charge in [0, 0.05) is 18.8 Å². The van der Waals surface area contributed by atoms with E-state index in [-0.39, 0.29) is 18.2 Å². The van der Waals surface area contributed by atoms with E-state index in [1.165, 1.54) is 162 Å². The van der Waals surface area contributed by atoms with Crippen LogP contribution in [0.1, 0.15) is 200 Å². The standard InChI is InChI=1S/C41H78O6/c1-5-7-9-11-12-16-21-27-36(28-22-17-13-19-25-31-39(42)44-3)34-46-41-38(30-24-18-14-20-26-32-40(43)45-4)33-37(35-47-41)29-23-15-10-8-6-2/h36-38,41H,5-35H2,1-4H3. The monoisotopic (exact) mass is 667 g/mol. The van der Waals surface area contributed by atoms with Crippen molar-refractivity contribution in [2.45, 2.75) is 206 Å². The lowest BCUT2D eigenvalue weighted by atomic mass is 9.85. The minimum absolute atomic E-state index is 0.0551. The van der Waals surface area contributed by atoms with Gasteiger partial charge in [-0.15, -0.1) is 0 Å². The van der Waals surface area contributed by atoms with E-state index >= 15 is 0 Å². The second-order valence-corrected chi connectivity index (χ2v) is 14.6. The largest absolute Gasteiger partial charge is 0.469 e. The summed E-state index contributed by atoms with van der Waals surface area (Å²) in [4.78, 5) is 22.8. The summed E-state index contributed by atoms with van der Waals surface area (Å²) in [5.74, 6) is 1.59. The Morgan fingerprint density at radius 1 is 0.596 bits per heavy atom. The van der Waals surface area contributed by atoms with E-state index in [1.54, 1.807) is 0 Å². The van der Waals surface area contributed by atoms with Gasteiger partial charge in [0.1, 0.15) is 0 Å². The van der Waals surface area contributed by atoms with E-state index in [0.717, 1.165) is 38.9 Å². The number of hydrogen-bond acceptors (Lipinski definition) is 6. The molecular weight excluding hydrogens is 588 g/mol. The van der Waals surface area contributed by atoms with Gasteiger partial charge < -0.3 is 18.9 Å². The predicted octanol–water partition coefficient (Wildman–Crippen LogP) is 11.9. The molecule has 6 nitrogen and oxygen atoms in total. The Morgan fingerprint density at radius 3 is 1.55 bits per heavy atom. The molecule has 0 bridgehead atoms. The maximum Gasteiger partial charge on any atom is 0.305 e. The molecule has 0 aromatic heterocycles. The molecular formula is C41H78O6. The van der Waals surface area contributed by atoms with Crippen molar-refractivity contribution in [1.29, 1.82) is 0 Å². The molecule has 0 spiro atoms. The fourth-order valence-corrected chi connectivity index (χ4v) is 7.23. The van der Waals surface area contributed by atoms with Gasteiger partial charge in [0.15, 0.2) is 6.29 Å². The van der Waals surface area contributed by atoms with Gasteiger partial charge in [0.2, 0.25) is 0 Å². The maximum absolute atomic E-state index is 11.4. The highest BCUT2D eigenvalue weighted by atomic mass is 16.7. The fraction of sp³-hybridized carbons (Fsp3) is 0.951. The third kappa shape index (κ3) is 25.5. The number of carbonyl (C=O) groups is 2. The molecule has 0 radical (unpaired) electrons. The molecule has 1 saturated heterocycles. The highest BCUT2D eigenvalue weighted by Gasteiger charge is 2.32. The van der Waals surface area contributed by atoms with Crippen LogP contribution in [0, 0.1) is 17.8 Å². The summed E-state index contributed by atoms with van der Waals surface area (Å²) >= 11 is 0. The van der Waals surface area contributed by atoms with E-state index in [1.807, 2.05) is 0 Å². The second-order valence-electron chi connectivity index (χ2n) is 14.6. The topological polar surface area (TPSA) is 71.1 Å². The van der Waals surface area contributed by atoms with Gasteiger partial charge in [0.05, 0.1) is 27.4 Å². The van der Waals surface area contributed by atoms with Crippen LogP contribution in [0.15, 0.2) is 0 Å². The van der Waals surface area contributed by atoms with Crippen molar-refractivity contribution in [2.24, 2.45) is 17.8 Å². The number of esters is 2. The number of ether oxygens (including phenoxy) is 4. The van der Waals surface area contributed by atoms with Crippen LogP contribution < -0.4 is 0 Å². The van der Waals surface area contributed by atoms with E-state index in [2.05, 4.69) is 13.8 Å². The molecule has 4 unspecified atom stereocenters. The van der Waals surface area contributed by atoms with Gasteiger partial charge in [0.25, 0.3) is 0 Å². The molecule has 0 saturated carbocycles. The van der Waals surface area contributed by atoms with Crippen molar-refractivity contribution < 1.29 is 28.5 Å². The molecule has 1 aliphatic rings. The fourth-order valence-electron chi connectivity index (χ4n) is 7.23. The Labute approximate surface area is 291 Å². The lowest BCUT2D eigenvalue weighted by Crippen LogP contribution is -2.37. The first-order valence-electron chi connectivity index (χ1n) is 20.4. The van der Waals surface area contributed by atoms with Crippen LogP contribution in [-0.4, -0.2) is 45.7 Å². The maximum atomic E-state index is 11.4. The molecule has 0 amide bonds. The molecule has 47 heavy (non-hydrogen) atoms. The average molecular weight is 667 g/mol. The van der Waals surface area contributed by atoms with E-state index in [0.29, 0.717) is 30.6 Å². The molecule has 0 aromatic rings. The Balaban J connectivity index is 2.59. The predicted molar refractivity (Wildman–Crippen MR) is 195 cm³/mol. The number of rotatable bonds is 33. The summed E-state index contributed by atoms with van der Waals surface area (Å²) < 4.78 is 22.8. The molecule has 1 rings (SSSR count). The van der Waals surface area contributed by atoms with Crippen molar-refractivity contribution >= 4 is 11.9 Å². The zero-order chi connectivity index (χ0) is 34.2. The minimum Gasteiger partial charge on any atom is -0.469 e. The summed E-state index contributed by atoms with van der Waals surface area (Å²) in [7, 11) is 2.95. The van der Waals surface area contributed by atoms with Gasteiger partial charge >= 0.3 is 11.9 Å². The van der Waals surface area contributed by atoms with Crippen LogP contribution in [0.25, 0.3) is 0 Å². The van der Waals surface area contributed by atoms with Crippen LogP contribution in [0.3, 0.4) is 0 Å². The average Bonchev–Trinajstić information content (AvgIpc) is 3.08. The van der Waals surface area contributed by atoms with Gasteiger partial charge in [-0.3, -0.25) is 9.59 Å². The lowest BCUT2D eigenvalue weighted by molar-refractivity contribution is -0.213. The normalized spacial score (nSPS) is 18.7. The molecule has 0 aromatic carbocycles. The summed E-state index contributed by atoms with van der Waals surface area (Å²) in [6, 6.07) is 0. The lowest BCUT2D eigenvalue weighted by Gasteiger charge is -2.37. The van der Waals surface area contributed by atoms with Crippen molar-refractivity contribution in [2.75, 3.05) is 27.4 Å². The summed E-state index contributed by atoms with van der Waals surface area (Å²) in [6.45, 7) is 6.26. The Bertz CT molecular complexity index is 712. The number of hydrogen-bond donors (Lipinski definition) is 0. The highest BCUT2D eigenvalue weighted by Crippen LogP contribution is 2.34. The molecule has 6 heteroatoms. The van der Waals surface area contributed by atoms with Gasteiger partial charge in [-0.2, -0.15) is 0 Å². The first-order valence-corrected chi connectivity index (χ1v) is 20.4. The van der Waals surface area contributed by atoms with E-state index in [4.69, 9.17) is 18.9 Å². The van der Waals surface area contributed by atoms with Crippen LogP contribution in [0.2, 0.25) is 0 Å². The van der Waals surface area contributed by atoms with Gasteiger partial charge in [-0.25, -0.2) is 0 Å². The zero-order valence-electron chi connectivity index (χ0n) is 31.7. The third-order valence-corrected chi connectivity index (χ3v) is 10.3. The second kappa shape index (κ2) is 32.1. The van der Waals surface area contributed by atoms with Crippen LogP contribution in [0.5, 0.6) is 0 Å². The number of unbranched alkanes of at least 4 members (excludes halogenated alkanes) is 18. The van der Waals surface area contributed by atoms with Crippen LogP contribution in [-0.2, 0) is 28.5 Å². The van der Waals surface area contributed by atoms with Gasteiger partial charge in [-0.1, -0.05) is 142 Å². The highest BCUT2D eigenvalue weighted by molar-refractivity contribution is 5.69. The Kier molecular flexibility index (Phi) is 30.0. The van der Waals surface area contributed by atoms with Gasteiger partial charge in [-0.05, 0) is 56.8 Å². The minimum atomic E-state index is -0.0917. The molecule has 4 atom stereocenters. The SMILES string of the molecule is CCCCCCCCCC(CCCCCCCC(=O)OC)COC1OCC(CCCCCCC)CC1CCCCCCCC(=O)OC. The van der Waals surface area contributed by atoms with Crippen LogP contribution >= 0.6 is 0 Å². The summed E-state index contributed by atoms with van der Waals surface area (Å²) in [6.07, 6.45) is 34.8. The zero-order valence-corrected chi connectivity index (χ0v) is 31.7. The quantitative estimate of drug-likeness (QED) is 0.0513. The number of carbonyl (C=O) groups excluding carboxylic acids is 2. The van der Waals surface area contributed by atoms with Crippen LogP contribution in [0.4, 0.5) is 0 Å². The van der Waals surface area contributed by atoms with Crippen molar-refractivity contribution in [1.82, 2.24) is 0 Å². The Morgan fingerprint density at radius 2 is 1.04 bits per heavy atom.